The predicted molar refractivity (Wildman–Crippen MR) is 140 cm³/mol. The van der Waals surface area contributed by atoms with Crippen LogP contribution in [0.15, 0.2) is 42.9 Å². The molecule has 0 bridgehead atoms. The summed E-state index contributed by atoms with van der Waals surface area (Å²) in [6.07, 6.45) is 5.14. The van der Waals surface area contributed by atoms with Gasteiger partial charge in [0.25, 0.3) is 0 Å². The molecule has 0 aliphatic carbocycles. The Morgan fingerprint density at radius 2 is 1.73 bits per heavy atom. The molecule has 1 aromatic carbocycles. The van der Waals surface area contributed by atoms with Gasteiger partial charge in [-0.2, -0.15) is 4.98 Å². The molecule has 10 nitrogen and oxygen atoms in total. The molecule has 11 heteroatoms. The number of fused-ring (bicyclic) bond motifs is 1. The van der Waals surface area contributed by atoms with Crippen molar-refractivity contribution in [2.45, 2.75) is 6.54 Å². The quantitative estimate of drug-likeness (QED) is 0.439. The number of hydrogen-bond donors (Lipinski definition) is 1. The maximum Gasteiger partial charge on any atom is 0.228 e. The Hall–Kier alpha value is -3.67. The molecule has 2 aliphatic heterocycles. The molecule has 6 rings (SSSR count). The average Bonchev–Trinajstić information content (AvgIpc) is 3.34. The van der Waals surface area contributed by atoms with Crippen molar-refractivity contribution < 1.29 is 9.13 Å². The van der Waals surface area contributed by atoms with Gasteiger partial charge < -0.3 is 20.3 Å². The fraction of sp³-hybridized carbons (Fsp3) is 0.385. The molecular formula is C26H30FN9O. The number of nitrogen functional groups attached to an aromatic ring is 1. The van der Waals surface area contributed by atoms with E-state index in [1.54, 1.807) is 23.0 Å². The number of rotatable bonds is 5. The summed E-state index contributed by atoms with van der Waals surface area (Å²) in [7, 11) is 2.13. The van der Waals surface area contributed by atoms with Gasteiger partial charge in [0, 0.05) is 75.4 Å². The molecule has 0 atom stereocenters. The summed E-state index contributed by atoms with van der Waals surface area (Å²) in [6, 6.07) is 7.38. The third kappa shape index (κ3) is 4.85. The van der Waals surface area contributed by atoms with Gasteiger partial charge in [0.05, 0.1) is 24.6 Å². The fourth-order valence-corrected chi connectivity index (χ4v) is 4.89. The minimum absolute atomic E-state index is 0.193. The van der Waals surface area contributed by atoms with Crippen LogP contribution in [0.5, 0.6) is 0 Å². The number of halogens is 1. The minimum Gasteiger partial charge on any atom is -0.378 e. The normalized spacial score (nSPS) is 17.5. The largest absolute Gasteiger partial charge is 0.378 e. The van der Waals surface area contributed by atoms with E-state index in [2.05, 4.69) is 31.7 Å². The number of piperazine rings is 1. The van der Waals surface area contributed by atoms with Crippen LogP contribution in [-0.4, -0.2) is 93.8 Å². The molecule has 2 fully saturated rings. The van der Waals surface area contributed by atoms with E-state index in [-0.39, 0.29) is 11.8 Å². The fourth-order valence-electron chi connectivity index (χ4n) is 4.89. The van der Waals surface area contributed by atoms with Crippen molar-refractivity contribution in [1.82, 2.24) is 34.3 Å². The summed E-state index contributed by atoms with van der Waals surface area (Å²) < 4.78 is 22.8. The number of likely N-dealkylation sites (N-methyl/N-ethyl adjacent to an activating group) is 1. The Balaban J connectivity index is 1.39. The molecule has 2 aliphatic rings. The van der Waals surface area contributed by atoms with Crippen molar-refractivity contribution in [3.8, 4) is 16.9 Å². The second-order valence-electron chi connectivity index (χ2n) is 9.59. The van der Waals surface area contributed by atoms with E-state index in [0.717, 1.165) is 49.2 Å². The number of hydrogen-bond acceptors (Lipinski definition) is 9. The zero-order chi connectivity index (χ0) is 25.4. The SMILES string of the molecule is CN1CCN(Cc2ccc(-n3ccc4c(-c5cnc(N)nc5)nc(N5CCOCC5)nc43)c(F)c2)CC1. The van der Waals surface area contributed by atoms with Crippen molar-refractivity contribution in [2.24, 2.45) is 0 Å². The Labute approximate surface area is 214 Å². The van der Waals surface area contributed by atoms with Crippen LogP contribution in [-0.2, 0) is 11.3 Å². The molecule has 5 heterocycles. The number of morpholine rings is 1. The standard InChI is InChI=1S/C26H30FN9O/c1-33-6-8-34(9-7-33)17-18-2-3-22(21(27)14-18)36-5-4-20-23(19-15-29-25(28)30-16-19)31-26(32-24(20)36)35-10-12-37-13-11-35/h2-5,14-16H,6-13,17H2,1H3,(H2,28,29,30). The number of aromatic nitrogens is 5. The van der Waals surface area contributed by atoms with E-state index < -0.39 is 0 Å². The lowest BCUT2D eigenvalue weighted by atomic mass is 10.1. The van der Waals surface area contributed by atoms with Crippen molar-refractivity contribution in [2.75, 3.05) is 70.2 Å². The maximum atomic E-state index is 15.5. The average molecular weight is 504 g/mol. The summed E-state index contributed by atoms with van der Waals surface area (Å²) in [6.45, 7) is 7.34. The highest BCUT2D eigenvalue weighted by Gasteiger charge is 2.21. The van der Waals surface area contributed by atoms with E-state index in [1.807, 2.05) is 24.4 Å². The van der Waals surface area contributed by atoms with Crippen LogP contribution in [0.1, 0.15) is 5.56 Å². The molecule has 0 spiro atoms. The number of nitrogens with zero attached hydrogens (tertiary/aromatic N) is 8. The molecule has 4 aromatic rings. The van der Waals surface area contributed by atoms with Crippen LogP contribution >= 0.6 is 0 Å². The van der Waals surface area contributed by atoms with E-state index in [9.17, 15) is 0 Å². The molecule has 0 saturated carbocycles. The highest BCUT2D eigenvalue weighted by molar-refractivity contribution is 5.92. The topological polar surface area (TPSA) is 101 Å². The van der Waals surface area contributed by atoms with Gasteiger partial charge >= 0.3 is 0 Å². The highest BCUT2D eigenvalue weighted by Crippen LogP contribution is 2.31. The molecule has 37 heavy (non-hydrogen) atoms. The van der Waals surface area contributed by atoms with Gasteiger partial charge in [-0.05, 0) is 30.8 Å². The predicted octanol–water partition coefficient (Wildman–Crippen LogP) is 2.18. The van der Waals surface area contributed by atoms with Gasteiger partial charge in [-0.3, -0.25) is 9.47 Å². The third-order valence-electron chi connectivity index (χ3n) is 7.05. The Morgan fingerprint density at radius 3 is 2.46 bits per heavy atom. The second kappa shape index (κ2) is 10.0. The summed E-state index contributed by atoms with van der Waals surface area (Å²) >= 11 is 0. The molecule has 3 aromatic heterocycles. The van der Waals surface area contributed by atoms with Gasteiger partial charge in [-0.1, -0.05) is 6.07 Å². The van der Waals surface area contributed by atoms with Gasteiger partial charge in [0.1, 0.15) is 5.82 Å². The molecule has 0 amide bonds. The first-order chi connectivity index (χ1) is 18.0. The number of ether oxygens (including phenoxy) is 1. The zero-order valence-corrected chi connectivity index (χ0v) is 20.8. The molecule has 0 radical (unpaired) electrons. The lowest BCUT2D eigenvalue weighted by Gasteiger charge is -2.32. The second-order valence-corrected chi connectivity index (χ2v) is 9.59. The molecule has 192 valence electrons. The van der Waals surface area contributed by atoms with E-state index in [1.165, 1.54) is 0 Å². The highest BCUT2D eigenvalue weighted by atomic mass is 19.1. The number of nitrogens with two attached hydrogens (primary N) is 1. The Bertz CT molecular complexity index is 1390. The molecule has 0 unspecified atom stereocenters. The number of benzene rings is 1. The van der Waals surface area contributed by atoms with Crippen molar-refractivity contribution in [3.63, 3.8) is 0 Å². The summed E-state index contributed by atoms with van der Waals surface area (Å²) in [5.74, 6) is 0.474. The Kier molecular flexibility index (Phi) is 6.41. The first-order valence-electron chi connectivity index (χ1n) is 12.5. The summed E-state index contributed by atoms with van der Waals surface area (Å²) in [5.41, 5.74) is 9.14. The zero-order valence-electron chi connectivity index (χ0n) is 20.8. The van der Waals surface area contributed by atoms with Crippen LogP contribution in [0.2, 0.25) is 0 Å². The molecular weight excluding hydrogens is 473 g/mol. The molecule has 2 N–H and O–H groups in total. The first kappa shape index (κ1) is 23.7. The number of anilines is 2. The van der Waals surface area contributed by atoms with Crippen molar-refractivity contribution in [1.29, 1.82) is 0 Å². The van der Waals surface area contributed by atoms with E-state index >= 15 is 4.39 Å². The molecule has 2 saturated heterocycles. The van der Waals surface area contributed by atoms with Crippen LogP contribution in [0.25, 0.3) is 28.0 Å². The third-order valence-corrected chi connectivity index (χ3v) is 7.05. The van der Waals surface area contributed by atoms with Crippen molar-refractivity contribution >= 4 is 22.9 Å². The smallest absolute Gasteiger partial charge is 0.228 e. The van der Waals surface area contributed by atoms with Crippen LogP contribution < -0.4 is 10.6 Å². The van der Waals surface area contributed by atoms with Crippen LogP contribution in [0.4, 0.5) is 16.3 Å². The van der Waals surface area contributed by atoms with E-state index in [4.69, 9.17) is 20.4 Å². The Morgan fingerprint density at radius 1 is 0.973 bits per heavy atom. The van der Waals surface area contributed by atoms with Crippen LogP contribution in [0.3, 0.4) is 0 Å². The van der Waals surface area contributed by atoms with Gasteiger partial charge in [-0.15, -0.1) is 0 Å². The first-order valence-corrected chi connectivity index (χ1v) is 12.5. The van der Waals surface area contributed by atoms with E-state index in [0.29, 0.717) is 49.3 Å². The van der Waals surface area contributed by atoms with Gasteiger partial charge in [-0.25, -0.2) is 19.3 Å². The lowest BCUT2D eigenvalue weighted by molar-refractivity contribution is 0.122. The maximum absolute atomic E-state index is 15.5. The van der Waals surface area contributed by atoms with Crippen LogP contribution in [0, 0.1) is 5.82 Å². The lowest BCUT2D eigenvalue weighted by Crippen LogP contribution is -2.43. The summed E-state index contributed by atoms with van der Waals surface area (Å²) in [5, 5.41) is 0.784. The van der Waals surface area contributed by atoms with Crippen molar-refractivity contribution in [3.05, 3.63) is 54.2 Å². The monoisotopic (exact) mass is 503 g/mol. The van der Waals surface area contributed by atoms with Gasteiger partial charge in [0.15, 0.2) is 5.65 Å². The minimum atomic E-state index is -0.284. The van der Waals surface area contributed by atoms with Gasteiger partial charge in [0.2, 0.25) is 11.9 Å². The summed E-state index contributed by atoms with van der Waals surface area (Å²) in [4.78, 5) is 24.8.